The van der Waals surface area contributed by atoms with Crippen LogP contribution in [0.1, 0.15) is 26.7 Å². The zero-order valence-corrected chi connectivity index (χ0v) is 7.58. The summed E-state index contributed by atoms with van der Waals surface area (Å²) in [6, 6.07) is 0. The largest absolute Gasteiger partial charge is 0.481 e. The van der Waals surface area contributed by atoms with Crippen molar-refractivity contribution in [2.24, 2.45) is 0 Å². The Balaban J connectivity index is 3.61. The summed E-state index contributed by atoms with van der Waals surface area (Å²) in [5.74, 6) is -0.899. The summed E-state index contributed by atoms with van der Waals surface area (Å²) in [6.07, 6.45) is 0.185. The van der Waals surface area contributed by atoms with Crippen LogP contribution in [0.5, 0.6) is 0 Å². The molecule has 0 heterocycles. The highest BCUT2D eigenvalue weighted by atomic mass is 16.7. The minimum absolute atomic E-state index is 0.0894. The van der Waals surface area contributed by atoms with E-state index < -0.39 is 12.3 Å². The van der Waals surface area contributed by atoms with Gasteiger partial charge in [0.15, 0.2) is 6.29 Å². The van der Waals surface area contributed by atoms with E-state index in [4.69, 9.17) is 14.6 Å². The zero-order valence-electron chi connectivity index (χ0n) is 7.58. The van der Waals surface area contributed by atoms with Crippen molar-refractivity contribution < 1.29 is 19.4 Å². The zero-order chi connectivity index (χ0) is 9.40. The molecule has 0 bridgehead atoms. The molecular formula is C8H16O4. The number of hydrogen-bond acceptors (Lipinski definition) is 3. The lowest BCUT2D eigenvalue weighted by molar-refractivity contribution is -0.165. The van der Waals surface area contributed by atoms with Gasteiger partial charge in [0.1, 0.15) is 0 Å². The molecule has 0 fully saturated rings. The second kappa shape index (κ2) is 7.06. The molecule has 0 spiro atoms. The average Bonchev–Trinajstić information content (AvgIpc) is 2.00. The van der Waals surface area contributed by atoms with Gasteiger partial charge in [-0.05, 0) is 13.3 Å². The van der Waals surface area contributed by atoms with Crippen LogP contribution in [0.25, 0.3) is 0 Å². The van der Waals surface area contributed by atoms with E-state index in [1.807, 2.05) is 13.8 Å². The highest BCUT2D eigenvalue weighted by Gasteiger charge is 2.12. The molecule has 0 aromatic heterocycles. The van der Waals surface area contributed by atoms with Crippen molar-refractivity contribution in [1.29, 1.82) is 0 Å². The number of aliphatic carboxylic acids is 1. The van der Waals surface area contributed by atoms with Crippen LogP contribution >= 0.6 is 0 Å². The molecule has 4 heteroatoms. The van der Waals surface area contributed by atoms with Gasteiger partial charge >= 0.3 is 5.97 Å². The second-order valence-electron chi connectivity index (χ2n) is 2.35. The van der Waals surface area contributed by atoms with Gasteiger partial charge in [0.05, 0.1) is 6.42 Å². The van der Waals surface area contributed by atoms with Crippen LogP contribution < -0.4 is 0 Å². The highest BCUT2D eigenvalue weighted by molar-refractivity contribution is 5.67. The van der Waals surface area contributed by atoms with Crippen LogP contribution in [0.4, 0.5) is 0 Å². The van der Waals surface area contributed by atoms with Crippen LogP contribution in [0.2, 0.25) is 0 Å². The Labute approximate surface area is 72.5 Å². The second-order valence-corrected chi connectivity index (χ2v) is 2.35. The smallest absolute Gasteiger partial charge is 0.308 e. The first-order chi connectivity index (χ1) is 5.70. The Hall–Kier alpha value is -0.610. The lowest BCUT2D eigenvalue weighted by Gasteiger charge is -2.14. The molecule has 0 aromatic rings. The lowest BCUT2D eigenvalue weighted by atomic mass is 10.4. The molecule has 1 atom stereocenters. The molecule has 0 saturated carbocycles. The van der Waals surface area contributed by atoms with Gasteiger partial charge in [-0.1, -0.05) is 6.92 Å². The summed E-state index contributed by atoms with van der Waals surface area (Å²) in [4.78, 5) is 10.3. The summed E-state index contributed by atoms with van der Waals surface area (Å²) >= 11 is 0. The van der Waals surface area contributed by atoms with Crippen molar-refractivity contribution in [2.75, 3.05) is 13.2 Å². The normalized spacial score (nSPS) is 12.8. The van der Waals surface area contributed by atoms with E-state index in [9.17, 15) is 4.79 Å². The first-order valence-corrected chi connectivity index (χ1v) is 4.15. The summed E-state index contributed by atoms with van der Waals surface area (Å²) in [5.41, 5.74) is 0. The van der Waals surface area contributed by atoms with E-state index >= 15 is 0 Å². The highest BCUT2D eigenvalue weighted by Crippen LogP contribution is 2.01. The Morgan fingerprint density at radius 2 is 2.08 bits per heavy atom. The maximum atomic E-state index is 10.3. The third-order valence-electron chi connectivity index (χ3n) is 1.20. The summed E-state index contributed by atoms with van der Waals surface area (Å²) in [5, 5.41) is 8.45. The summed E-state index contributed by atoms with van der Waals surface area (Å²) < 4.78 is 10.2. The fraction of sp³-hybridized carbons (Fsp3) is 0.875. The molecule has 12 heavy (non-hydrogen) atoms. The molecule has 0 aromatic carbocycles. The third kappa shape index (κ3) is 6.12. The van der Waals surface area contributed by atoms with Gasteiger partial charge in [0.25, 0.3) is 0 Å². The predicted octanol–water partition coefficient (Wildman–Crippen LogP) is 1.25. The number of carbonyl (C=O) groups is 1. The summed E-state index contributed by atoms with van der Waals surface area (Å²) in [6.45, 7) is 4.79. The Kier molecular flexibility index (Phi) is 6.70. The average molecular weight is 176 g/mol. The molecule has 0 aliphatic rings. The quantitative estimate of drug-likeness (QED) is 0.593. The standard InChI is InChI=1S/C8H16O4/c1-3-5-12-8(11-4-2)6-7(9)10/h8H,3-6H2,1-2H3,(H,9,10). The third-order valence-corrected chi connectivity index (χ3v) is 1.20. The fourth-order valence-electron chi connectivity index (χ4n) is 0.744. The number of carboxylic acid groups (broad SMARTS) is 1. The molecule has 0 aliphatic heterocycles. The van der Waals surface area contributed by atoms with Crippen LogP contribution in [0.3, 0.4) is 0 Å². The minimum atomic E-state index is -0.899. The van der Waals surface area contributed by atoms with Gasteiger partial charge in [-0.15, -0.1) is 0 Å². The van der Waals surface area contributed by atoms with Crippen LogP contribution in [0, 0.1) is 0 Å². The molecule has 1 unspecified atom stereocenters. The lowest BCUT2D eigenvalue weighted by Crippen LogP contribution is -2.21. The monoisotopic (exact) mass is 176 g/mol. The number of ether oxygens (including phenoxy) is 2. The predicted molar refractivity (Wildman–Crippen MR) is 43.9 cm³/mol. The van der Waals surface area contributed by atoms with Crippen molar-refractivity contribution in [3.8, 4) is 0 Å². The van der Waals surface area contributed by atoms with E-state index in [1.54, 1.807) is 0 Å². The molecule has 0 aliphatic carbocycles. The maximum absolute atomic E-state index is 10.3. The molecule has 0 radical (unpaired) electrons. The molecule has 0 saturated heterocycles. The number of hydrogen-bond donors (Lipinski definition) is 1. The van der Waals surface area contributed by atoms with Gasteiger partial charge in [0.2, 0.25) is 0 Å². The Morgan fingerprint density at radius 3 is 2.50 bits per heavy atom. The Morgan fingerprint density at radius 1 is 1.42 bits per heavy atom. The van der Waals surface area contributed by atoms with Crippen molar-refractivity contribution in [2.45, 2.75) is 33.0 Å². The molecule has 4 nitrogen and oxygen atoms in total. The first-order valence-electron chi connectivity index (χ1n) is 4.15. The fourth-order valence-corrected chi connectivity index (χ4v) is 0.744. The molecule has 0 amide bonds. The van der Waals surface area contributed by atoms with Crippen LogP contribution in [-0.4, -0.2) is 30.6 Å². The van der Waals surface area contributed by atoms with Crippen molar-refractivity contribution >= 4 is 5.97 Å². The van der Waals surface area contributed by atoms with Gasteiger partial charge < -0.3 is 14.6 Å². The van der Waals surface area contributed by atoms with Gasteiger partial charge in [0, 0.05) is 13.2 Å². The topological polar surface area (TPSA) is 55.8 Å². The van der Waals surface area contributed by atoms with E-state index in [1.165, 1.54) is 0 Å². The van der Waals surface area contributed by atoms with Crippen molar-refractivity contribution in [1.82, 2.24) is 0 Å². The van der Waals surface area contributed by atoms with Gasteiger partial charge in [-0.25, -0.2) is 0 Å². The van der Waals surface area contributed by atoms with E-state index in [-0.39, 0.29) is 6.42 Å². The minimum Gasteiger partial charge on any atom is -0.481 e. The van der Waals surface area contributed by atoms with Crippen LogP contribution in [-0.2, 0) is 14.3 Å². The van der Waals surface area contributed by atoms with Crippen LogP contribution in [0.15, 0.2) is 0 Å². The summed E-state index contributed by atoms with van der Waals surface area (Å²) in [7, 11) is 0. The first kappa shape index (κ1) is 11.4. The number of carboxylic acids is 1. The Bertz CT molecular complexity index is 124. The maximum Gasteiger partial charge on any atom is 0.308 e. The molecule has 0 rings (SSSR count). The molecule has 72 valence electrons. The van der Waals surface area contributed by atoms with Crippen molar-refractivity contribution in [3.05, 3.63) is 0 Å². The van der Waals surface area contributed by atoms with Gasteiger partial charge in [-0.2, -0.15) is 0 Å². The SMILES string of the molecule is CCCOC(CC(=O)O)OCC. The van der Waals surface area contributed by atoms with E-state index in [0.29, 0.717) is 13.2 Å². The molecule has 1 N–H and O–H groups in total. The van der Waals surface area contributed by atoms with E-state index in [2.05, 4.69) is 0 Å². The van der Waals surface area contributed by atoms with Gasteiger partial charge in [-0.3, -0.25) is 4.79 Å². The number of rotatable bonds is 7. The van der Waals surface area contributed by atoms with E-state index in [0.717, 1.165) is 6.42 Å². The van der Waals surface area contributed by atoms with Crippen molar-refractivity contribution in [3.63, 3.8) is 0 Å². The molecular weight excluding hydrogens is 160 g/mol.